The van der Waals surface area contributed by atoms with E-state index in [4.69, 9.17) is 9.47 Å². The summed E-state index contributed by atoms with van der Waals surface area (Å²) in [5.74, 6) is -1.05. The molecule has 0 unspecified atom stereocenters. The standard InChI is InChI=1S/C22H26O4/c1-17(15-25-2)21(23)14-20(13-18-9-5-3-6-10-18)22(24)26-16-19-11-7-4-8-12-19/h3-12,17,20H,13-16H2,1-2H3/t17-,20+/m0/s1. The maximum Gasteiger partial charge on any atom is 0.310 e. The largest absolute Gasteiger partial charge is 0.461 e. The average Bonchev–Trinajstić information content (AvgIpc) is 2.67. The number of ketones is 1. The van der Waals surface area contributed by atoms with Crippen LogP contribution < -0.4 is 0 Å². The van der Waals surface area contributed by atoms with Crippen LogP contribution in [0.2, 0.25) is 0 Å². The molecule has 0 N–H and O–H groups in total. The minimum absolute atomic E-state index is 0.0180. The van der Waals surface area contributed by atoms with Gasteiger partial charge in [-0.15, -0.1) is 0 Å². The van der Waals surface area contributed by atoms with Crippen molar-refractivity contribution in [3.8, 4) is 0 Å². The lowest BCUT2D eigenvalue weighted by Gasteiger charge is -2.18. The van der Waals surface area contributed by atoms with Crippen LogP contribution in [0.5, 0.6) is 0 Å². The summed E-state index contributed by atoms with van der Waals surface area (Å²) in [4.78, 5) is 25.1. The summed E-state index contributed by atoms with van der Waals surface area (Å²) in [6, 6.07) is 19.2. The van der Waals surface area contributed by atoms with E-state index in [0.29, 0.717) is 13.0 Å². The Morgan fingerprint density at radius 1 is 0.923 bits per heavy atom. The fourth-order valence-corrected chi connectivity index (χ4v) is 2.77. The van der Waals surface area contributed by atoms with Crippen molar-refractivity contribution in [2.45, 2.75) is 26.4 Å². The highest BCUT2D eigenvalue weighted by molar-refractivity contribution is 5.86. The third kappa shape index (κ3) is 6.45. The molecule has 0 aromatic heterocycles. The molecule has 4 nitrogen and oxygen atoms in total. The van der Waals surface area contributed by atoms with Gasteiger partial charge in [-0.05, 0) is 17.5 Å². The van der Waals surface area contributed by atoms with Crippen LogP contribution in [0.3, 0.4) is 0 Å². The smallest absolute Gasteiger partial charge is 0.310 e. The van der Waals surface area contributed by atoms with Crippen LogP contribution in [0.25, 0.3) is 0 Å². The van der Waals surface area contributed by atoms with Crippen LogP contribution in [0.15, 0.2) is 60.7 Å². The maximum absolute atomic E-state index is 12.6. The van der Waals surface area contributed by atoms with Gasteiger partial charge in [0.2, 0.25) is 0 Å². The van der Waals surface area contributed by atoms with E-state index >= 15 is 0 Å². The predicted octanol–water partition coefficient (Wildman–Crippen LogP) is 3.83. The molecule has 4 heteroatoms. The minimum Gasteiger partial charge on any atom is -0.461 e. The molecule has 0 bridgehead atoms. The summed E-state index contributed by atoms with van der Waals surface area (Å²) in [5.41, 5.74) is 1.94. The highest BCUT2D eigenvalue weighted by atomic mass is 16.5. The normalized spacial score (nSPS) is 13.0. The molecule has 0 fully saturated rings. The van der Waals surface area contributed by atoms with E-state index in [9.17, 15) is 9.59 Å². The van der Waals surface area contributed by atoms with Gasteiger partial charge < -0.3 is 9.47 Å². The van der Waals surface area contributed by atoms with Gasteiger partial charge in [0.25, 0.3) is 0 Å². The summed E-state index contributed by atoms with van der Waals surface area (Å²) in [6.45, 7) is 2.39. The van der Waals surface area contributed by atoms with E-state index in [1.54, 1.807) is 7.11 Å². The van der Waals surface area contributed by atoms with Crippen molar-refractivity contribution in [1.29, 1.82) is 0 Å². The van der Waals surface area contributed by atoms with Gasteiger partial charge in [0.1, 0.15) is 12.4 Å². The number of esters is 1. The van der Waals surface area contributed by atoms with E-state index in [2.05, 4.69) is 0 Å². The zero-order chi connectivity index (χ0) is 18.8. The molecule has 0 amide bonds. The average molecular weight is 354 g/mol. The van der Waals surface area contributed by atoms with Crippen LogP contribution in [-0.4, -0.2) is 25.5 Å². The van der Waals surface area contributed by atoms with Crippen LogP contribution in [-0.2, 0) is 32.1 Å². The molecule has 0 saturated carbocycles. The molecule has 0 aliphatic carbocycles. The number of benzene rings is 2. The molecule has 138 valence electrons. The SMILES string of the molecule is COC[C@H](C)C(=O)C[C@@H](Cc1ccccc1)C(=O)OCc1ccccc1. The van der Waals surface area contributed by atoms with Crippen LogP contribution in [0, 0.1) is 11.8 Å². The van der Waals surface area contributed by atoms with Crippen molar-refractivity contribution in [3.05, 3.63) is 71.8 Å². The van der Waals surface area contributed by atoms with Gasteiger partial charge in [0.15, 0.2) is 0 Å². The van der Waals surface area contributed by atoms with E-state index in [1.165, 1.54) is 0 Å². The first-order chi connectivity index (χ1) is 12.6. The molecule has 2 rings (SSSR count). The van der Waals surface area contributed by atoms with Gasteiger partial charge in [-0.3, -0.25) is 9.59 Å². The summed E-state index contributed by atoms with van der Waals surface area (Å²) >= 11 is 0. The van der Waals surface area contributed by atoms with Crippen molar-refractivity contribution in [1.82, 2.24) is 0 Å². The second-order valence-electron chi connectivity index (χ2n) is 6.51. The van der Waals surface area contributed by atoms with Crippen LogP contribution in [0.1, 0.15) is 24.5 Å². The second kappa shape index (κ2) is 10.5. The number of ether oxygens (including phenoxy) is 2. The Hall–Kier alpha value is -2.46. The molecule has 0 spiro atoms. The molecule has 0 heterocycles. The molecule has 2 aromatic rings. The van der Waals surface area contributed by atoms with Crippen LogP contribution >= 0.6 is 0 Å². The quantitative estimate of drug-likeness (QED) is 0.609. The lowest BCUT2D eigenvalue weighted by atomic mass is 9.90. The van der Waals surface area contributed by atoms with E-state index in [0.717, 1.165) is 11.1 Å². The van der Waals surface area contributed by atoms with Gasteiger partial charge in [-0.25, -0.2) is 0 Å². The third-order valence-electron chi connectivity index (χ3n) is 4.30. The van der Waals surface area contributed by atoms with Gasteiger partial charge in [-0.1, -0.05) is 67.6 Å². The third-order valence-corrected chi connectivity index (χ3v) is 4.30. The molecular weight excluding hydrogens is 328 g/mol. The fraction of sp³-hybridized carbons (Fsp3) is 0.364. The first-order valence-electron chi connectivity index (χ1n) is 8.86. The minimum atomic E-state index is -0.493. The van der Waals surface area contributed by atoms with Gasteiger partial charge in [-0.2, -0.15) is 0 Å². The van der Waals surface area contributed by atoms with Crippen LogP contribution in [0.4, 0.5) is 0 Å². The number of carbonyl (C=O) groups is 2. The van der Waals surface area contributed by atoms with Crippen molar-refractivity contribution < 1.29 is 19.1 Å². The summed E-state index contributed by atoms with van der Waals surface area (Å²) in [7, 11) is 1.57. The van der Waals surface area contributed by atoms with Gasteiger partial charge in [0.05, 0.1) is 12.5 Å². The Balaban J connectivity index is 2.03. The molecule has 0 aliphatic rings. The van der Waals surface area contributed by atoms with E-state index in [1.807, 2.05) is 67.6 Å². The Labute approximate surface area is 155 Å². The lowest BCUT2D eigenvalue weighted by molar-refractivity contribution is -0.151. The Kier molecular flexibility index (Phi) is 8.03. The molecule has 2 aromatic carbocycles. The Bertz CT molecular complexity index is 682. The van der Waals surface area contributed by atoms with Gasteiger partial charge >= 0.3 is 5.97 Å². The maximum atomic E-state index is 12.6. The summed E-state index contributed by atoms with van der Waals surface area (Å²) in [5, 5.41) is 0. The second-order valence-corrected chi connectivity index (χ2v) is 6.51. The monoisotopic (exact) mass is 354 g/mol. The molecular formula is C22H26O4. The Morgan fingerprint density at radius 2 is 1.50 bits per heavy atom. The fourth-order valence-electron chi connectivity index (χ4n) is 2.77. The zero-order valence-electron chi connectivity index (χ0n) is 15.4. The first-order valence-corrected chi connectivity index (χ1v) is 8.86. The number of methoxy groups -OCH3 is 1. The summed E-state index contributed by atoms with van der Waals surface area (Å²) in [6.07, 6.45) is 0.646. The van der Waals surface area contributed by atoms with Crippen molar-refractivity contribution in [2.75, 3.05) is 13.7 Å². The number of rotatable bonds is 10. The number of carbonyl (C=O) groups excluding carboxylic acids is 2. The Morgan fingerprint density at radius 3 is 2.08 bits per heavy atom. The highest BCUT2D eigenvalue weighted by Crippen LogP contribution is 2.18. The van der Waals surface area contributed by atoms with E-state index < -0.39 is 5.92 Å². The van der Waals surface area contributed by atoms with E-state index in [-0.39, 0.29) is 30.7 Å². The van der Waals surface area contributed by atoms with Gasteiger partial charge in [0, 0.05) is 19.4 Å². The predicted molar refractivity (Wildman–Crippen MR) is 101 cm³/mol. The van der Waals surface area contributed by atoms with Crippen molar-refractivity contribution >= 4 is 11.8 Å². The highest BCUT2D eigenvalue weighted by Gasteiger charge is 2.26. The number of hydrogen-bond acceptors (Lipinski definition) is 4. The molecule has 26 heavy (non-hydrogen) atoms. The summed E-state index contributed by atoms with van der Waals surface area (Å²) < 4.78 is 10.5. The number of Topliss-reactive ketones (excluding diaryl/α,β-unsaturated/α-hetero) is 1. The molecule has 2 atom stereocenters. The van der Waals surface area contributed by atoms with Crippen molar-refractivity contribution in [3.63, 3.8) is 0 Å². The first kappa shape index (κ1) is 19.9. The molecule has 0 radical (unpaired) electrons. The number of hydrogen-bond donors (Lipinski definition) is 0. The lowest BCUT2D eigenvalue weighted by Crippen LogP contribution is -2.27. The topological polar surface area (TPSA) is 52.6 Å². The van der Waals surface area contributed by atoms with Crippen molar-refractivity contribution in [2.24, 2.45) is 11.8 Å². The molecule has 0 aliphatic heterocycles. The zero-order valence-corrected chi connectivity index (χ0v) is 15.4. The molecule has 0 saturated heterocycles.